The minimum absolute atomic E-state index is 0.0633. The van der Waals surface area contributed by atoms with Gasteiger partial charge in [0.15, 0.2) is 5.78 Å². The standard InChI is InChI=1S/C23H17ClO2/c1-26-18-9-5-7-16(14-18)22-19-10-2-3-11-20(19)23(25)21(22)13-15-6-4-8-17(24)12-15/h2-14,22H,1H3/b21-13+. The molecule has 1 unspecified atom stereocenters. The van der Waals surface area contributed by atoms with Crippen molar-refractivity contribution in [2.75, 3.05) is 7.11 Å². The minimum Gasteiger partial charge on any atom is -0.497 e. The summed E-state index contributed by atoms with van der Waals surface area (Å²) < 4.78 is 5.38. The molecule has 0 saturated heterocycles. The van der Waals surface area contributed by atoms with Crippen LogP contribution in [0, 0.1) is 0 Å². The summed E-state index contributed by atoms with van der Waals surface area (Å²) in [6.07, 6.45) is 1.94. The molecule has 0 heterocycles. The Morgan fingerprint density at radius 3 is 2.58 bits per heavy atom. The van der Waals surface area contributed by atoms with Gasteiger partial charge in [-0.1, -0.05) is 60.1 Å². The van der Waals surface area contributed by atoms with Gasteiger partial charge in [0, 0.05) is 22.1 Å². The Hall–Kier alpha value is -2.84. The van der Waals surface area contributed by atoms with Crippen LogP contribution in [-0.2, 0) is 0 Å². The van der Waals surface area contributed by atoms with Crippen molar-refractivity contribution in [1.29, 1.82) is 0 Å². The number of Topliss-reactive ketones (excluding diaryl/α,β-unsaturated/α-hetero) is 1. The van der Waals surface area contributed by atoms with E-state index in [1.165, 1.54) is 0 Å². The second-order valence-electron chi connectivity index (χ2n) is 6.28. The lowest BCUT2D eigenvalue weighted by Gasteiger charge is -2.15. The van der Waals surface area contributed by atoms with Crippen LogP contribution in [0.1, 0.15) is 33.0 Å². The number of methoxy groups -OCH3 is 1. The van der Waals surface area contributed by atoms with Gasteiger partial charge < -0.3 is 4.74 Å². The number of hydrogen-bond acceptors (Lipinski definition) is 2. The molecular formula is C23H17ClO2. The van der Waals surface area contributed by atoms with Gasteiger partial charge in [0.25, 0.3) is 0 Å². The largest absolute Gasteiger partial charge is 0.497 e. The first-order chi connectivity index (χ1) is 12.7. The highest BCUT2D eigenvalue weighted by molar-refractivity contribution is 6.30. The molecule has 0 saturated carbocycles. The Labute approximate surface area is 157 Å². The molecule has 1 aliphatic carbocycles. The molecule has 0 amide bonds. The van der Waals surface area contributed by atoms with Crippen LogP contribution in [0.15, 0.2) is 78.4 Å². The molecule has 1 aliphatic rings. The molecule has 3 aromatic rings. The highest BCUT2D eigenvalue weighted by Gasteiger charge is 2.35. The van der Waals surface area contributed by atoms with E-state index in [0.29, 0.717) is 5.02 Å². The molecule has 1 atom stereocenters. The van der Waals surface area contributed by atoms with E-state index in [1.54, 1.807) is 7.11 Å². The first kappa shape index (κ1) is 16.6. The highest BCUT2D eigenvalue weighted by Crippen LogP contribution is 2.43. The first-order valence-electron chi connectivity index (χ1n) is 8.42. The number of halogens is 1. The lowest BCUT2D eigenvalue weighted by molar-refractivity contribution is 0.103. The fraction of sp³-hybridized carbons (Fsp3) is 0.0870. The van der Waals surface area contributed by atoms with Gasteiger partial charge in [-0.05, 0) is 47.0 Å². The fourth-order valence-electron chi connectivity index (χ4n) is 3.51. The fourth-order valence-corrected chi connectivity index (χ4v) is 3.71. The van der Waals surface area contributed by atoms with Crippen LogP contribution in [0.5, 0.6) is 5.75 Å². The van der Waals surface area contributed by atoms with Gasteiger partial charge >= 0.3 is 0 Å². The van der Waals surface area contributed by atoms with Crippen molar-refractivity contribution in [2.24, 2.45) is 0 Å². The second-order valence-corrected chi connectivity index (χ2v) is 6.72. The van der Waals surface area contributed by atoms with E-state index in [4.69, 9.17) is 16.3 Å². The molecule has 3 heteroatoms. The smallest absolute Gasteiger partial charge is 0.190 e. The van der Waals surface area contributed by atoms with Crippen LogP contribution >= 0.6 is 11.6 Å². The topological polar surface area (TPSA) is 26.3 Å². The zero-order valence-corrected chi connectivity index (χ0v) is 15.0. The quantitative estimate of drug-likeness (QED) is 0.555. The van der Waals surface area contributed by atoms with Crippen molar-refractivity contribution < 1.29 is 9.53 Å². The number of rotatable bonds is 3. The number of ether oxygens (including phenoxy) is 1. The second kappa shape index (κ2) is 6.81. The Bertz CT molecular complexity index is 1020. The van der Waals surface area contributed by atoms with Crippen LogP contribution < -0.4 is 4.74 Å². The van der Waals surface area contributed by atoms with Crippen molar-refractivity contribution in [2.45, 2.75) is 5.92 Å². The molecular weight excluding hydrogens is 344 g/mol. The lowest BCUT2D eigenvalue weighted by atomic mass is 9.88. The maximum atomic E-state index is 13.1. The van der Waals surface area contributed by atoms with E-state index in [9.17, 15) is 4.79 Å². The molecule has 0 aliphatic heterocycles. The third kappa shape index (κ3) is 2.93. The molecule has 0 bridgehead atoms. The number of ketones is 1. The zero-order chi connectivity index (χ0) is 18.1. The first-order valence-corrected chi connectivity index (χ1v) is 8.80. The summed E-state index contributed by atoms with van der Waals surface area (Å²) in [6.45, 7) is 0. The number of carbonyl (C=O) groups excluding carboxylic acids is 1. The van der Waals surface area contributed by atoms with Crippen molar-refractivity contribution in [3.63, 3.8) is 0 Å². The summed E-state index contributed by atoms with van der Waals surface area (Å²) in [4.78, 5) is 13.1. The Morgan fingerprint density at radius 2 is 1.77 bits per heavy atom. The molecule has 4 rings (SSSR count). The summed E-state index contributed by atoms with van der Waals surface area (Å²) >= 11 is 6.12. The summed E-state index contributed by atoms with van der Waals surface area (Å²) in [5.74, 6) is 0.725. The third-order valence-electron chi connectivity index (χ3n) is 4.69. The molecule has 0 N–H and O–H groups in total. The predicted octanol–water partition coefficient (Wildman–Crippen LogP) is 5.76. The van der Waals surface area contributed by atoms with Gasteiger partial charge in [0.05, 0.1) is 7.11 Å². The van der Waals surface area contributed by atoms with Gasteiger partial charge in [-0.2, -0.15) is 0 Å². The summed E-state index contributed by atoms with van der Waals surface area (Å²) in [6, 6.07) is 23.2. The number of fused-ring (bicyclic) bond motifs is 1. The van der Waals surface area contributed by atoms with Gasteiger partial charge in [-0.3, -0.25) is 4.79 Å². The molecule has 0 aromatic heterocycles. The average molecular weight is 361 g/mol. The van der Waals surface area contributed by atoms with E-state index in [1.807, 2.05) is 78.9 Å². The Balaban J connectivity index is 1.90. The Morgan fingerprint density at radius 1 is 0.962 bits per heavy atom. The molecule has 26 heavy (non-hydrogen) atoms. The van der Waals surface area contributed by atoms with Crippen molar-refractivity contribution in [1.82, 2.24) is 0 Å². The summed E-state index contributed by atoms with van der Waals surface area (Å²) in [7, 11) is 1.65. The van der Waals surface area contributed by atoms with Crippen molar-refractivity contribution in [3.8, 4) is 5.75 Å². The number of benzene rings is 3. The average Bonchev–Trinajstić information content (AvgIpc) is 2.94. The maximum Gasteiger partial charge on any atom is 0.190 e. The van der Waals surface area contributed by atoms with Crippen molar-refractivity contribution >= 4 is 23.5 Å². The molecule has 3 aromatic carbocycles. The third-order valence-corrected chi connectivity index (χ3v) is 4.92. The van der Waals surface area contributed by atoms with Crippen LogP contribution in [0.2, 0.25) is 5.02 Å². The molecule has 0 spiro atoms. The maximum absolute atomic E-state index is 13.1. The molecule has 0 radical (unpaired) electrons. The monoisotopic (exact) mass is 360 g/mol. The number of hydrogen-bond donors (Lipinski definition) is 0. The van der Waals surface area contributed by atoms with Gasteiger partial charge in [-0.25, -0.2) is 0 Å². The zero-order valence-electron chi connectivity index (χ0n) is 14.3. The van der Waals surface area contributed by atoms with Gasteiger partial charge in [0.1, 0.15) is 5.75 Å². The van der Waals surface area contributed by atoms with Gasteiger partial charge in [0.2, 0.25) is 0 Å². The number of allylic oxidation sites excluding steroid dienone is 1. The van der Waals surface area contributed by atoms with E-state index in [-0.39, 0.29) is 11.7 Å². The van der Waals surface area contributed by atoms with Crippen LogP contribution in [-0.4, -0.2) is 12.9 Å². The van der Waals surface area contributed by atoms with E-state index < -0.39 is 0 Å². The normalized spacial score (nSPS) is 17.4. The highest BCUT2D eigenvalue weighted by atomic mass is 35.5. The van der Waals surface area contributed by atoms with Crippen LogP contribution in [0.25, 0.3) is 6.08 Å². The number of carbonyl (C=O) groups is 1. The van der Waals surface area contributed by atoms with E-state index in [2.05, 4.69) is 0 Å². The molecule has 0 fully saturated rings. The van der Waals surface area contributed by atoms with Crippen molar-refractivity contribution in [3.05, 3.63) is 106 Å². The SMILES string of the molecule is COc1cccc(C2/C(=C\c3cccc(Cl)c3)C(=O)c3ccccc32)c1. The van der Waals surface area contributed by atoms with E-state index in [0.717, 1.165) is 33.6 Å². The Kier molecular flexibility index (Phi) is 4.36. The molecule has 2 nitrogen and oxygen atoms in total. The molecule has 128 valence electrons. The summed E-state index contributed by atoms with van der Waals surface area (Å²) in [5, 5.41) is 0.653. The van der Waals surface area contributed by atoms with Gasteiger partial charge in [-0.15, -0.1) is 0 Å². The minimum atomic E-state index is -0.118. The van der Waals surface area contributed by atoms with Crippen LogP contribution in [0.4, 0.5) is 0 Å². The van der Waals surface area contributed by atoms with Crippen LogP contribution in [0.3, 0.4) is 0 Å². The predicted molar refractivity (Wildman–Crippen MR) is 105 cm³/mol. The summed E-state index contributed by atoms with van der Waals surface area (Å²) in [5.41, 5.74) is 4.49. The lowest BCUT2D eigenvalue weighted by Crippen LogP contribution is -2.02. The van der Waals surface area contributed by atoms with E-state index >= 15 is 0 Å².